The minimum Gasteiger partial charge on any atom is -0.467 e. The molecule has 0 saturated carbocycles. The number of furan rings is 1. The molecule has 19 heavy (non-hydrogen) atoms. The first-order chi connectivity index (χ1) is 8.81. The van der Waals surface area contributed by atoms with Crippen LogP contribution in [0, 0.1) is 0 Å². The lowest BCUT2D eigenvalue weighted by atomic mass is 10.3. The fourth-order valence-corrected chi connectivity index (χ4v) is 1.27. The Labute approximate surface area is 108 Å². The molecule has 1 heterocycles. The molecular weight excluding hydrogens is 266 g/mol. The molecule has 0 bridgehead atoms. The molecule has 0 aliphatic heterocycles. The molecule has 0 unspecified atom stereocenters. The normalized spacial score (nSPS) is 12.6. The molecule has 110 valence electrons. The van der Waals surface area contributed by atoms with Crippen molar-refractivity contribution in [2.24, 2.45) is 0 Å². The van der Waals surface area contributed by atoms with Crippen LogP contribution in [0.1, 0.15) is 25.2 Å². The highest BCUT2D eigenvalue weighted by Gasteiger charge is 2.40. The monoisotopic (exact) mass is 283 g/mol. The maximum atomic E-state index is 12.5. The molecule has 3 nitrogen and oxygen atoms in total. The van der Waals surface area contributed by atoms with Gasteiger partial charge in [-0.05, 0) is 6.07 Å². The molecule has 0 aromatic carbocycles. The first-order valence-electron chi connectivity index (χ1n) is 5.84. The Morgan fingerprint density at radius 1 is 1.37 bits per heavy atom. The summed E-state index contributed by atoms with van der Waals surface area (Å²) in [5.74, 6) is -3.81. The van der Waals surface area contributed by atoms with Crippen molar-refractivity contribution in [3.05, 3.63) is 23.7 Å². The Kier molecular flexibility index (Phi) is 5.81. The Morgan fingerprint density at radius 2 is 2.05 bits per heavy atom. The van der Waals surface area contributed by atoms with E-state index in [1.807, 2.05) is 13.8 Å². The summed E-state index contributed by atoms with van der Waals surface area (Å²) in [7, 11) is 0. The lowest BCUT2D eigenvalue weighted by Gasteiger charge is -2.14. The first-order valence-corrected chi connectivity index (χ1v) is 5.84. The molecular formula is C12H17F4NO2. The highest BCUT2D eigenvalue weighted by Crippen LogP contribution is 2.23. The van der Waals surface area contributed by atoms with E-state index in [4.69, 9.17) is 4.42 Å². The van der Waals surface area contributed by atoms with Crippen LogP contribution in [0.2, 0.25) is 0 Å². The summed E-state index contributed by atoms with van der Waals surface area (Å²) in [4.78, 5) is 0. The van der Waals surface area contributed by atoms with Gasteiger partial charge in [0, 0.05) is 18.2 Å². The van der Waals surface area contributed by atoms with Crippen LogP contribution in [0.15, 0.2) is 16.7 Å². The number of hydrogen-bond donors (Lipinski definition) is 1. The van der Waals surface area contributed by atoms with Crippen LogP contribution in [-0.4, -0.2) is 25.0 Å². The van der Waals surface area contributed by atoms with Crippen LogP contribution >= 0.6 is 0 Å². The Balaban J connectivity index is 2.34. The van der Waals surface area contributed by atoms with Crippen LogP contribution in [0.3, 0.4) is 0 Å². The van der Waals surface area contributed by atoms with Crippen molar-refractivity contribution in [1.82, 2.24) is 5.32 Å². The molecule has 7 heteroatoms. The number of hydrogen-bond acceptors (Lipinski definition) is 3. The van der Waals surface area contributed by atoms with Crippen molar-refractivity contribution in [3.63, 3.8) is 0 Å². The minimum atomic E-state index is -4.13. The van der Waals surface area contributed by atoms with Crippen LogP contribution in [-0.2, 0) is 17.9 Å². The van der Waals surface area contributed by atoms with Gasteiger partial charge in [-0.15, -0.1) is 0 Å². The largest absolute Gasteiger partial charge is 0.467 e. The molecule has 0 saturated heterocycles. The van der Waals surface area contributed by atoms with E-state index in [0.717, 1.165) is 5.56 Å². The lowest BCUT2D eigenvalue weighted by molar-refractivity contribution is -0.169. The lowest BCUT2D eigenvalue weighted by Crippen LogP contribution is -2.32. The fraction of sp³-hybridized carbons (Fsp3) is 0.667. The highest BCUT2D eigenvalue weighted by atomic mass is 19.3. The van der Waals surface area contributed by atoms with Crippen LogP contribution in [0.25, 0.3) is 0 Å². The zero-order valence-electron chi connectivity index (χ0n) is 10.8. The zero-order chi connectivity index (χ0) is 14.5. The van der Waals surface area contributed by atoms with Crippen molar-refractivity contribution < 1.29 is 26.7 Å². The average molecular weight is 283 g/mol. The first kappa shape index (κ1) is 16.0. The van der Waals surface area contributed by atoms with Gasteiger partial charge in [-0.3, -0.25) is 0 Å². The van der Waals surface area contributed by atoms with E-state index >= 15 is 0 Å². The third-order valence-corrected chi connectivity index (χ3v) is 2.28. The van der Waals surface area contributed by atoms with Crippen molar-refractivity contribution in [2.45, 2.75) is 45.4 Å². The van der Waals surface area contributed by atoms with Crippen molar-refractivity contribution >= 4 is 0 Å². The molecule has 1 rings (SSSR count). The second kappa shape index (κ2) is 6.91. The molecule has 0 radical (unpaired) electrons. The molecule has 0 aliphatic rings. The van der Waals surface area contributed by atoms with E-state index in [9.17, 15) is 17.6 Å². The Morgan fingerprint density at radius 3 is 2.63 bits per heavy atom. The predicted molar refractivity (Wildman–Crippen MR) is 61.3 cm³/mol. The standard InChI is InChI=1S/C12H17F4NO2/c1-8(2)17-4-9-3-10(19-5-9)6-18-7-12(15,16)11(13)14/h3,5,8,11,17H,4,6-7H2,1-2H3. The van der Waals surface area contributed by atoms with Crippen molar-refractivity contribution in [2.75, 3.05) is 6.61 Å². The van der Waals surface area contributed by atoms with Gasteiger partial charge >= 0.3 is 12.3 Å². The van der Waals surface area contributed by atoms with Gasteiger partial charge in [0.15, 0.2) is 0 Å². The average Bonchev–Trinajstić information content (AvgIpc) is 2.74. The highest BCUT2D eigenvalue weighted by molar-refractivity contribution is 5.12. The summed E-state index contributed by atoms with van der Waals surface area (Å²) in [6.45, 7) is 2.95. The van der Waals surface area contributed by atoms with Crippen LogP contribution in [0.4, 0.5) is 17.6 Å². The quantitative estimate of drug-likeness (QED) is 0.744. The minimum absolute atomic E-state index is 0.260. The predicted octanol–water partition coefficient (Wildman–Crippen LogP) is 3.19. The smallest absolute Gasteiger partial charge is 0.330 e. The molecule has 0 spiro atoms. The molecule has 0 fully saturated rings. The second-order valence-corrected chi connectivity index (χ2v) is 4.51. The summed E-state index contributed by atoms with van der Waals surface area (Å²) >= 11 is 0. The van der Waals surface area contributed by atoms with E-state index < -0.39 is 19.0 Å². The third-order valence-electron chi connectivity index (χ3n) is 2.28. The van der Waals surface area contributed by atoms with Gasteiger partial charge in [-0.1, -0.05) is 13.8 Å². The van der Waals surface area contributed by atoms with Gasteiger partial charge in [0.1, 0.15) is 19.0 Å². The number of alkyl halides is 4. The Bertz CT molecular complexity index is 380. The van der Waals surface area contributed by atoms with E-state index in [-0.39, 0.29) is 6.61 Å². The van der Waals surface area contributed by atoms with E-state index in [1.165, 1.54) is 6.26 Å². The van der Waals surface area contributed by atoms with Gasteiger partial charge in [0.25, 0.3) is 0 Å². The van der Waals surface area contributed by atoms with Gasteiger partial charge in [-0.2, -0.15) is 8.78 Å². The van der Waals surface area contributed by atoms with Crippen molar-refractivity contribution in [3.8, 4) is 0 Å². The maximum absolute atomic E-state index is 12.5. The number of ether oxygens (including phenoxy) is 1. The zero-order valence-corrected chi connectivity index (χ0v) is 10.8. The number of rotatable bonds is 8. The number of nitrogens with one attached hydrogen (secondary N) is 1. The van der Waals surface area contributed by atoms with Gasteiger partial charge in [0.05, 0.1) is 6.26 Å². The molecule has 0 amide bonds. The van der Waals surface area contributed by atoms with Gasteiger partial charge < -0.3 is 14.5 Å². The summed E-state index contributed by atoms with van der Waals surface area (Å²) in [5, 5.41) is 3.15. The topological polar surface area (TPSA) is 34.4 Å². The van der Waals surface area contributed by atoms with Gasteiger partial charge in [-0.25, -0.2) is 8.78 Å². The SMILES string of the molecule is CC(C)NCc1coc(COCC(F)(F)C(F)F)c1. The van der Waals surface area contributed by atoms with E-state index in [0.29, 0.717) is 18.3 Å². The third kappa shape index (κ3) is 5.61. The Hall–Kier alpha value is -1.08. The number of halogens is 4. The van der Waals surface area contributed by atoms with Crippen LogP contribution in [0.5, 0.6) is 0 Å². The summed E-state index contributed by atoms with van der Waals surface area (Å²) < 4.78 is 58.4. The molecule has 1 N–H and O–H groups in total. The van der Waals surface area contributed by atoms with Gasteiger partial charge in [0.2, 0.25) is 0 Å². The molecule has 1 aromatic heterocycles. The molecule has 0 atom stereocenters. The molecule has 0 aliphatic carbocycles. The van der Waals surface area contributed by atoms with E-state index in [2.05, 4.69) is 10.1 Å². The summed E-state index contributed by atoms with van der Waals surface area (Å²) in [5.41, 5.74) is 0.841. The van der Waals surface area contributed by atoms with E-state index in [1.54, 1.807) is 6.07 Å². The van der Waals surface area contributed by atoms with Crippen molar-refractivity contribution in [1.29, 1.82) is 0 Å². The summed E-state index contributed by atoms with van der Waals surface area (Å²) in [6.07, 6.45) is -2.26. The molecule has 1 aromatic rings. The fourth-order valence-electron chi connectivity index (χ4n) is 1.27. The second-order valence-electron chi connectivity index (χ2n) is 4.51. The van der Waals surface area contributed by atoms with Crippen LogP contribution < -0.4 is 5.32 Å². The maximum Gasteiger partial charge on any atom is 0.330 e. The summed E-state index contributed by atoms with van der Waals surface area (Å²) in [6, 6.07) is 1.94.